The highest BCUT2D eigenvalue weighted by atomic mass is 16.2. The lowest BCUT2D eigenvalue weighted by molar-refractivity contribution is -0.121. The maximum atomic E-state index is 10.4. The van der Waals surface area contributed by atoms with E-state index in [9.17, 15) is 9.59 Å². The number of carbonyl (C=O) groups excluding carboxylic acids is 2. The van der Waals surface area contributed by atoms with Gasteiger partial charge in [0.25, 0.3) is 0 Å². The standard InChI is InChI=1S/C16H23N.C7H11NO.C5H10O.C5H12.CH4O.CH4.H2/c1-12-6-4-5-7-14(12)15(16(2,3)17)11-10-13-8-9-13;9-4-7-5-1-6(7)3-8-2-5;1-4(2)5(3)6;1-4-5(2)3;1-2;;/h4-7,11,13-14H,1,8-10,17H2,2-3H3;4-8H,1-3H2;4H,1-3H3;5H,4H2,1-3H3;2H,1H3;1H4;1H/b15-11+;;;;;;/t;5-,6?,7?;;;;;/m.1...../s1. The number of ketones is 1. The van der Waals surface area contributed by atoms with Gasteiger partial charge in [-0.15, -0.1) is 0 Å². The van der Waals surface area contributed by atoms with Gasteiger partial charge in [-0.25, -0.2) is 0 Å². The predicted molar refractivity (Wildman–Crippen MR) is 176 cm³/mol. The fourth-order valence-electron chi connectivity index (χ4n) is 4.33. The summed E-state index contributed by atoms with van der Waals surface area (Å²) in [7, 11) is 1.00. The van der Waals surface area contributed by atoms with Gasteiger partial charge >= 0.3 is 0 Å². The highest BCUT2D eigenvalue weighted by Crippen LogP contribution is 2.41. The molecule has 2 saturated heterocycles. The number of rotatable bonds is 7. The minimum atomic E-state index is -0.266. The number of hydrogen-bond acceptors (Lipinski definition) is 5. The number of aldehydes is 1. The van der Waals surface area contributed by atoms with Crippen LogP contribution in [0.25, 0.3) is 0 Å². The van der Waals surface area contributed by atoms with Crippen LogP contribution in [0.15, 0.2) is 48.1 Å². The van der Waals surface area contributed by atoms with E-state index < -0.39 is 0 Å². The van der Waals surface area contributed by atoms with Crippen LogP contribution in [0.5, 0.6) is 0 Å². The number of nitrogens with two attached hydrogens (primary N) is 1. The number of Topliss-reactive ketones (excluding diaryl/α,β-unsaturated/α-hetero) is 1. The lowest BCUT2D eigenvalue weighted by Gasteiger charge is -2.46. The predicted octanol–water partition coefficient (Wildman–Crippen LogP) is 7.56. The second-order valence-corrected chi connectivity index (χ2v) is 12.6. The van der Waals surface area contributed by atoms with E-state index in [0.29, 0.717) is 23.7 Å². The summed E-state index contributed by atoms with van der Waals surface area (Å²) in [5.41, 5.74) is 8.51. The maximum Gasteiger partial charge on any atom is 0.132 e. The van der Waals surface area contributed by atoms with E-state index in [4.69, 9.17) is 10.8 Å². The first-order valence-electron chi connectivity index (χ1n) is 15.0. The van der Waals surface area contributed by atoms with E-state index in [0.717, 1.165) is 43.9 Å². The number of allylic oxidation sites excluding steroid dienone is 6. The highest BCUT2D eigenvalue weighted by molar-refractivity contribution is 5.77. The zero-order chi connectivity index (χ0) is 30.2. The third-order valence-corrected chi connectivity index (χ3v) is 7.87. The van der Waals surface area contributed by atoms with Crippen LogP contribution in [-0.4, -0.2) is 42.9 Å². The number of nitrogens with one attached hydrogen (secondary N) is 1. The summed E-state index contributed by atoms with van der Waals surface area (Å²) in [6, 6.07) is 0. The monoisotopic (exact) mass is 563 g/mol. The van der Waals surface area contributed by atoms with Crippen molar-refractivity contribution in [1.82, 2.24) is 5.32 Å². The SMILES string of the molecule is C.C=C1C=CC=CC1/C(=C\CC1CC1)C(C)(C)N.CC(=O)C(C)C.CCC(C)C.CO.O=CC1C2CNC[C@H]1C2.[HH]. The first-order valence-corrected chi connectivity index (χ1v) is 15.0. The molecule has 2 bridgehead atoms. The molecule has 0 aromatic heterocycles. The Bertz CT molecular complexity index is 806. The summed E-state index contributed by atoms with van der Waals surface area (Å²) in [5.74, 6) is 4.33. The molecule has 0 spiro atoms. The number of fused-ring (bicyclic) bond motifs is 2. The average molecular weight is 563 g/mol. The first-order chi connectivity index (χ1) is 18.3. The van der Waals surface area contributed by atoms with E-state index in [2.05, 4.69) is 70.8 Å². The van der Waals surface area contributed by atoms with E-state index in [1.54, 1.807) is 6.92 Å². The molecule has 0 aromatic rings. The van der Waals surface area contributed by atoms with E-state index >= 15 is 0 Å². The Morgan fingerprint density at radius 3 is 1.98 bits per heavy atom. The molecule has 234 valence electrons. The van der Waals surface area contributed by atoms with Crippen molar-refractivity contribution in [1.29, 1.82) is 0 Å². The Hall–Kier alpha value is -1.82. The molecule has 0 amide bonds. The summed E-state index contributed by atoms with van der Waals surface area (Å²) < 4.78 is 0. The molecule has 0 radical (unpaired) electrons. The van der Waals surface area contributed by atoms with Gasteiger partial charge in [-0.2, -0.15) is 0 Å². The molecular formula is C35H66N2O3. The second-order valence-electron chi connectivity index (χ2n) is 12.6. The number of hydrogen-bond donors (Lipinski definition) is 3. The van der Waals surface area contributed by atoms with E-state index in [-0.39, 0.29) is 26.1 Å². The van der Waals surface area contributed by atoms with Gasteiger partial charge in [0.1, 0.15) is 12.1 Å². The summed E-state index contributed by atoms with van der Waals surface area (Å²) in [6.07, 6.45) is 18.5. The van der Waals surface area contributed by atoms with Gasteiger partial charge in [-0.3, -0.25) is 4.79 Å². The molecule has 3 unspecified atom stereocenters. The third-order valence-electron chi connectivity index (χ3n) is 7.87. The van der Waals surface area contributed by atoms with Crippen LogP contribution in [0, 0.1) is 41.4 Å². The van der Waals surface area contributed by atoms with Crippen LogP contribution in [0.1, 0.15) is 96.3 Å². The Morgan fingerprint density at radius 1 is 1.18 bits per heavy atom. The highest BCUT2D eigenvalue weighted by Gasteiger charge is 2.43. The molecule has 5 nitrogen and oxygen atoms in total. The molecule has 4 N–H and O–H groups in total. The molecular weight excluding hydrogens is 496 g/mol. The lowest BCUT2D eigenvalue weighted by Crippen LogP contribution is -2.53. The van der Waals surface area contributed by atoms with Gasteiger partial charge in [0.2, 0.25) is 0 Å². The molecule has 40 heavy (non-hydrogen) atoms. The van der Waals surface area contributed by atoms with Crippen molar-refractivity contribution in [3.8, 4) is 0 Å². The largest absolute Gasteiger partial charge is 0.400 e. The van der Waals surface area contributed by atoms with E-state index in [1.165, 1.54) is 37.7 Å². The van der Waals surface area contributed by atoms with Crippen molar-refractivity contribution in [3.05, 3.63) is 48.1 Å². The lowest BCUT2D eigenvalue weighted by atomic mass is 9.63. The fraction of sp³-hybridized carbons (Fsp3) is 0.714. The van der Waals surface area contributed by atoms with Gasteiger partial charge in [-0.1, -0.05) is 85.4 Å². The van der Waals surface area contributed by atoms with Gasteiger partial charge in [0.15, 0.2) is 0 Å². The van der Waals surface area contributed by atoms with Crippen LogP contribution in [0.3, 0.4) is 0 Å². The minimum Gasteiger partial charge on any atom is -0.400 e. The van der Waals surface area contributed by atoms with Gasteiger partial charge < -0.3 is 21.0 Å². The third kappa shape index (κ3) is 15.8. The normalized spacial score (nSPS) is 24.3. The van der Waals surface area contributed by atoms with Crippen LogP contribution in [0.4, 0.5) is 0 Å². The number of carbonyl (C=O) groups is 2. The number of piperidine rings is 2. The van der Waals surface area contributed by atoms with Gasteiger partial charge in [0, 0.05) is 31.8 Å². The summed E-state index contributed by atoms with van der Waals surface area (Å²) in [5, 5.41) is 10.3. The van der Waals surface area contributed by atoms with Crippen LogP contribution < -0.4 is 11.1 Å². The van der Waals surface area contributed by atoms with Crippen molar-refractivity contribution in [2.24, 2.45) is 47.2 Å². The quantitative estimate of drug-likeness (QED) is 0.220. The Balaban J connectivity index is -0.000000510. The second kappa shape index (κ2) is 21.0. The molecule has 4 atom stereocenters. The Labute approximate surface area is 249 Å². The topological polar surface area (TPSA) is 92.4 Å². The summed E-state index contributed by atoms with van der Waals surface area (Å²) in [6.45, 7) is 22.5. The van der Waals surface area contributed by atoms with Gasteiger partial charge in [0.05, 0.1) is 0 Å². The molecule has 2 saturated carbocycles. The molecule has 0 aromatic carbocycles. The zero-order valence-electron chi connectivity index (χ0n) is 26.5. The van der Waals surface area contributed by atoms with Gasteiger partial charge in [-0.05, 0) is 94.4 Å². The molecule has 5 aliphatic rings. The number of aliphatic hydroxyl groups excluding tert-OH is 1. The maximum absolute atomic E-state index is 10.4. The minimum absolute atomic E-state index is 0. The first kappa shape index (κ1) is 40.3. The fourth-order valence-corrected chi connectivity index (χ4v) is 4.33. The molecule has 3 aliphatic carbocycles. The molecule has 2 heterocycles. The molecule has 4 fully saturated rings. The van der Waals surface area contributed by atoms with Crippen molar-refractivity contribution >= 4 is 12.1 Å². The van der Waals surface area contributed by atoms with Crippen LogP contribution in [0.2, 0.25) is 0 Å². The van der Waals surface area contributed by atoms with Crippen molar-refractivity contribution < 1.29 is 16.1 Å². The zero-order valence-corrected chi connectivity index (χ0v) is 26.5. The average Bonchev–Trinajstić information content (AvgIpc) is 3.72. The summed E-state index contributed by atoms with van der Waals surface area (Å²) in [4.78, 5) is 20.5. The van der Waals surface area contributed by atoms with Crippen LogP contribution in [-0.2, 0) is 9.59 Å². The van der Waals surface area contributed by atoms with E-state index in [1.807, 2.05) is 19.9 Å². The molecule has 5 rings (SSSR count). The number of aliphatic hydroxyl groups is 1. The molecule has 5 heteroatoms. The molecule has 2 aliphatic heterocycles. The Morgan fingerprint density at radius 2 is 1.68 bits per heavy atom. The van der Waals surface area contributed by atoms with Crippen molar-refractivity contribution in [3.63, 3.8) is 0 Å². The Kier molecular flexibility index (Phi) is 21.1. The van der Waals surface area contributed by atoms with Crippen molar-refractivity contribution in [2.75, 3.05) is 20.2 Å². The smallest absolute Gasteiger partial charge is 0.132 e. The van der Waals surface area contributed by atoms with Crippen LogP contribution >= 0.6 is 0 Å². The van der Waals surface area contributed by atoms with Crippen molar-refractivity contribution in [2.45, 2.75) is 100 Å². The summed E-state index contributed by atoms with van der Waals surface area (Å²) >= 11 is 0.